The van der Waals surface area contributed by atoms with Gasteiger partial charge in [-0.2, -0.15) is 0 Å². The Hall–Kier alpha value is -0.300. The third-order valence-electron chi connectivity index (χ3n) is 2.36. The van der Waals surface area contributed by atoms with Crippen LogP contribution in [0.15, 0.2) is 12.2 Å². The molecule has 0 aromatic carbocycles. The summed E-state index contributed by atoms with van der Waals surface area (Å²) in [6.45, 7) is 3.35. The quantitative estimate of drug-likeness (QED) is 0.401. The van der Waals surface area contributed by atoms with Crippen molar-refractivity contribution in [1.82, 2.24) is 4.90 Å². The zero-order valence-corrected chi connectivity index (χ0v) is 10.3. The lowest BCUT2D eigenvalue weighted by Crippen LogP contribution is -2.10. The van der Waals surface area contributed by atoms with Gasteiger partial charge in [-0.05, 0) is 26.9 Å². The minimum atomic E-state index is 1.08. The van der Waals surface area contributed by atoms with E-state index in [0.29, 0.717) is 0 Å². The second-order valence-corrected chi connectivity index (χ2v) is 4.29. The highest BCUT2D eigenvalue weighted by atomic mass is 15.0. The standard InChI is InChI=1S/C13H27N/c1-4-5-6-7-8-9-10-11-12-13-14(2)3/h11-12H,4-10,13H2,1-3H3. The van der Waals surface area contributed by atoms with Crippen LogP contribution in [0.5, 0.6) is 0 Å². The molecule has 0 unspecified atom stereocenters. The van der Waals surface area contributed by atoms with Gasteiger partial charge in [0.05, 0.1) is 0 Å². The van der Waals surface area contributed by atoms with E-state index in [1.165, 1.54) is 44.9 Å². The average molecular weight is 197 g/mol. The molecule has 0 aliphatic heterocycles. The topological polar surface area (TPSA) is 3.24 Å². The molecule has 0 bridgehead atoms. The molecule has 0 saturated carbocycles. The molecule has 0 aromatic rings. The molecule has 0 aliphatic carbocycles. The summed E-state index contributed by atoms with van der Waals surface area (Å²) in [6.07, 6.45) is 14.2. The Morgan fingerprint density at radius 2 is 1.50 bits per heavy atom. The maximum Gasteiger partial charge on any atom is 0.0157 e. The van der Waals surface area contributed by atoms with Crippen LogP contribution in [0.3, 0.4) is 0 Å². The number of likely N-dealkylation sites (N-methyl/N-ethyl adjacent to an activating group) is 1. The van der Waals surface area contributed by atoms with Crippen molar-refractivity contribution in [1.29, 1.82) is 0 Å². The molecule has 0 aliphatic rings. The van der Waals surface area contributed by atoms with Crippen LogP contribution >= 0.6 is 0 Å². The van der Waals surface area contributed by atoms with Crippen molar-refractivity contribution in [3.63, 3.8) is 0 Å². The van der Waals surface area contributed by atoms with Gasteiger partial charge in [0, 0.05) is 6.54 Å². The highest BCUT2D eigenvalue weighted by molar-refractivity contribution is 4.83. The molecular formula is C13H27N. The summed E-state index contributed by atoms with van der Waals surface area (Å²) in [5.41, 5.74) is 0. The van der Waals surface area contributed by atoms with E-state index in [0.717, 1.165) is 6.54 Å². The number of allylic oxidation sites excluding steroid dienone is 1. The molecule has 0 heterocycles. The summed E-state index contributed by atoms with van der Waals surface area (Å²) in [5, 5.41) is 0. The zero-order chi connectivity index (χ0) is 10.6. The highest BCUT2D eigenvalue weighted by Gasteiger charge is 1.88. The Balaban J connectivity index is 3.01. The van der Waals surface area contributed by atoms with E-state index in [-0.39, 0.29) is 0 Å². The first-order chi connectivity index (χ1) is 6.77. The molecule has 1 heteroatoms. The fourth-order valence-electron chi connectivity index (χ4n) is 1.45. The lowest BCUT2D eigenvalue weighted by molar-refractivity contribution is 0.456. The van der Waals surface area contributed by atoms with Gasteiger partial charge in [0.1, 0.15) is 0 Å². The number of rotatable bonds is 9. The number of unbranched alkanes of at least 4 members (excludes halogenated alkanes) is 6. The molecule has 0 aromatic heterocycles. The summed E-state index contributed by atoms with van der Waals surface area (Å²) >= 11 is 0. The lowest BCUT2D eigenvalue weighted by Gasteiger charge is -2.03. The summed E-state index contributed by atoms with van der Waals surface area (Å²) < 4.78 is 0. The molecule has 0 N–H and O–H groups in total. The SMILES string of the molecule is CCCCCCCCC=CCN(C)C. The van der Waals surface area contributed by atoms with Crippen LogP contribution in [0.4, 0.5) is 0 Å². The van der Waals surface area contributed by atoms with Crippen molar-refractivity contribution >= 4 is 0 Å². The average Bonchev–Trinajstić information content (AvgIpc) is 2.15. The van der Waals surface area contributed by atoms with Crippen molar-refractivity contribution < 1.29 is 0 Å². The summed E-state index contributed by atoms with van der Waals surface area (Å²) in [7, 11) is 4.21. The molecule has 0 saturated heterocycles. The zero-order valence-electron chi connectivity index (χ0n) is 10.3. The first-order valence-electron chi connectivity index (χ1n) is 6.07. The Morgan fingerprint density at radius 1 is 0.857 bits per heavy atom. The van der Waals surface area contributed by atoms with Gasteiger partial charge >= 0.3 is 0 Å². The van der Waals surface area contributed by atoms with Gasteiger partial charge in [-0.1, -0.05) is 51.2 Å². The fraction of sp³-hybridized carbons (Fsp3) is 0.846. The maximum atomic E-state index is 2.32. The summed E-state index contributed by atoms with van der Waals surface area (Å²) in [5.74, 6) is 0. The molecule has 0 radical (unpaired) electrons. The van der Waals surface area contributed by atoms with Crippen LogP contribution in [0.1, 0.15) is 51.9 Å². The van der Waals surface area contributed by atoms with Crippen molar-refractivity contribution in [2.24, 2.45) is 0 Å². The van der Waals surface area contributed by atoms with E-state index in [2.05, 4.69) is 38.1 Å². The molecule has 14 heavy (non-hydrogen) atoms. The van der Waals surface area contributed by atoms with Crippen LogP contribution in [-0.2, 0) is 0 Å². The third-order valence-corrected chi connectivity index (χ3v) is 2.36. The van der Waals surface area contributed by atoms with Crippen molar-refractivity contribution in [3.8, 4) is 0 Å². The van der Waals surface area contributed by atoms with E-state index in [1.807, 2.05) is 0 Å². The molecule has 0 rings (SSSR count). The lowest BCUT2D eigenvalue weighted by atomic mass is 10.1. The first kappa shape index (κ1) is 13.7. The number of hydrogen-bond acceptors (Lipinski definition) is 1. The van der Waals surface area contributed by atoms with Gasteiger partial charge < -0.3 is 4.90 Å². The van der Waals surface area contributed by atoms with E-state index >= 15 is 0 Å². The van der Waals surface area contributed by atoms with E-state index in [9.17, 15) is 0 Å². The molecular weight excluding hydrogens is 170 g/mol. The highest BCUT2D eigenvalue weighted by Crippen LogP contribution is 2.06. The Morgan fingerprint density at radius 3 is 2.14 bits per heavy atom. The fourth-order valence-corrected chi connectivity index (χ4v) is 1.45. The predicted molar refractivity (Wildman–Crippen MR) is 65.7 cm³/mol. The first-order valence-corrected chi connectivity index (χ1v) is 6.07. The molecule has 1 nitrogen and oxygen atoms in total. The van der Waals surface area contributed by atoms with Crippen LogP contribution in [0.2, 0.25) is 0 Å². The minimum Gasteiger partial charge on any atom is -0.306 e. The largest absolute Gasteiger partial charge is 0.306 e. The Labute approximate surface area is 90.2 Å². The Kier molecular flexibility index (Phi) is 10.5. The van der Waals surface area contributed by atoms with Crippen molar-refractivity contribution in [3.05, 3.63) is 12.2 Å². The van der Waals surface area contributed by atoms with Crippen molar-refractivity contribution in [2.45, 2.75) is 51.9 Å². The smallest absolute Gasteiger partial charge is 0.0157 e. The van der Waals surface area contributed by atoms with E-state index in [4.69, 9.17) is 0 Å². The molecule has 0 spiro atoms. The van der Waals surface area contributed by atoms with Gasteiger partial charge in [-0.3, -0.25) is 0 Å². The second kappa shape index (κ2) is 10.8. The van der Waals surface area contributed by atoms with Crippen LogP contribution in [0, 0.1) is 0 Å². The van der Waals surface area contributed by atoms with Gasteiger partial charge in [-0.25, -0.2) is 0 Å². The van der Waals surface area contributed by atoms with Crippen LogP contribution in [-0.4, -0.2) is 25.5 Å². The monoisotopic (exact) mass is 197 g/mol. The minimum absolute atomic E-state index is 1.08. The van der Waals surface area contributed by atoms with Crippen LogP contribution < -0.4 is 0 Å². The van der Waals surface area contributed by atoms with Gasteiger partial charge in [0.2, 0.25) is 0 Å². The Bertz CT molecular complexity index is 127. The third kappa shape index (κ3) is 11.7. The molecule has 0 atom stereocenters. The predicted octanol–water partition coefficient (Wildman–Crippen LogP) is 3.85. The van der Waals surface area contributed by atoms with Gasteiger partial charge in [0.25, 0.3) is 0 Å². The van der Waals surface area contributed by atoms with Crippen molar-refractivity contribution in [2.75, 3.05) is 20.6 Å². The molecule has 0 amide bonds. The maximum absolute atomic E-state index is 2.32. The van der Waals surface area contributed by atoms with Gasteiger partial charge in [-0.15, -0.1) is 0 Å². The normalized spacial score (nSPS) is 11.7. The number of nitrogens with zero attached hydrogens (tertiary/aromatic N) is 1. The van der Waals surface area contributed by atoms with E-state index < -0.39 is 0 Å². The van der Waals surface area contributed by atoms with E-state index in [1.54, 1.807) is 0 Å². The van der Waals surface area contributed by atoms with Gasteiger partial charge in [0.15, 0.2) is 0 Å². The summed E-state index contributed by atoms with van der Waals surface area (Å²) in [6, 6.07) is 0. The van der Waals surface area contributed by atoms with Crippen LogP contribution in [0.25, 0.3) is 0 Å². The summed E-state index contributed by atoms with van der Waals surface area (Å²) in [4.78, 5) is 2.19. The molecule has 84 valence electrons. The second-order valence-electron chi connectivity index (χ2n) is 4.29. The number of hydrogen-bond donors (Lipinski definition) is 0. The molecule has 0 fully saturated rings.